The Morgan fingerprint density at radius 3 is 2.93 bits per heavy atom. The molecule has 0 saturated heterocycles. The fraction of sp³-hybridized carbons (Fsp3) is 0.545. The molecule has 0 spiro atoms. The van der Waals surface area contributed by atoms with E-state index < -0.39 is 0 Å². The zero-order valence-corrected chi connectivity index (χ0v) is 8.77. The molecule has 2 rings (SSSR count). The lowest BCUT2D eigenvalue weighted by molar-refractivity contribution is 0.639. The first kappa shape index (κ1) is 9.91. The number of hydrogen-bond donors (Lipinski definition) is 1. The van der Waals surface area contributed by atoms with Crippen LogP contribution in [0.4, 0.5) is 5.82 Å². The van der Waals surface area contributed by atoms with E-state index in [1.165, 1.54) is 19.0 Å². The molecule has 78 valence electrons. The average Bonchev–Trinajstić information content (AvgIpc) is 3.02. The van der Waals surface area contributed by atoms with Crippen molar-refractivity contribution in [1.82, 2.24) is 9.97 Å². The van der Waals surface area contributed by atoms with Gasteiger partial charge in [0.2, 0.25) is 0 Å². The van der Waals surface area contributed by atoms with Gasteiger partial charge >= 0.3 is 0 Å². The van der Waals surface area contributed by atoms with Crippen molar-refractivity contribution in [1.29, 1.82) is 5.26 Å². The number of hydrogen-bond acceptors (Lipinski definition) is 4. The molecule has 0 bridgehead atoms. The van der Waals surface area contributed by atoms with Gasteiger partial charge in [-0.2, -0.15) is 5.26 Å². The van der Waals surface area contributed by atoms with Crippen LogP contribution in [0.1, 0.15) is 31.9 Å². The van der Waals surface area contributed by atoms with Gasteiger partial charge in [0.1, 0.15) is 6.07 Å². The van der Waals surface area contributed by atoms with E-state index in [1.54, 1.807) is 6.20 Å². The zero-order valence-electron chi connectivity index (χ0n) is 8.77. The predicted molar refractivity (Wildman–Crippen MR) is 57.2 cm³/mol. The summed E-state index contributed by atoms with van der Waals surface area (Å²) in [5.41, 5.74) is 0.375. The maximum atomic E-state index is 8.83. The lowest BCUT2D eigenvalue weighted by atomic mass is 10.1. The molecule has 1 N–H and O–H groups in total. The average molecular weight is 202 g/mol. The second-order valence-corrected chi connectivity index (χ2v) is 4.09. The summed E-state index contributed by atoms with van der Waals surface area (Å²) < 4.78 is 0. The largest absolute Gasteiger partial charge is 0.365 e. The van der Waals surface area contributed by atoms with E-state index >= 15 is 0 Å². The van der Waals surface area contributed by atoms with Gasteiger partial charge in [0.05, 0.1) is 0 Å². The molecule has 1 aromatic heterocycles. The molecule has 0 aliphatic heterocycles. The Balaban J connectivity index is 1.99. The molecular weight excluding hydrogens is 188 g/mol. The van der Waals surface area contributed by atoms with Crippen LogP contribution >= 0.6 is 0 Å². The smallest absolute Gasteiger partial charge is 0.182 e. The van der Waals surface area contributed by atoms with Crippen molar-refractivity contribution in [3.8, 4) is 6.07 Å². The van der Waals surface area contributed by atoms with E-state index in [4.69, 9.17) is 5.26 Å². The highest BCUT2D eigenvalue weighted by atomic mass is 15.0. The molecule has 1 fully saturated rings. The van der Waals surface area contributed by atoms with Crippen LogP contribution in [0.15, 0.2) is 12.4 Å². The highest BCUT2D eigenvalue weighted by molar-refractivity contribution is 5.47. The Bertz CT molecular complexity index is 378. The van der Waals surface area contributed by atoms with E-state index in [9.17, 15) is 0 Å². The summed E-state index contributed by atoms with van der Waals surface area (Å²) in [6.45, 7) is 2.12. The molecule has 1 aliphatic rings. The highest BCUT2D eigenvalue weighted by Crippen LogP contribution is 2.34. The van der Waals surface area contributed by atoms with E-state index in [0.717, 1.165) is 12.3 Å². The van der Waals surface area contributed by atoms with Crippen molar-refractivity contribution in [2.45, 2.75) is 32.2 Å². The number of nitrogens with one attached hydrogen (secondary N) is 1. The van der Waals surface area contributed by atoms with Gasteiger partial charge < -0.3 is 5.32 Å². The summed E-state index contributed by atoms with van der Waals surface area (Å²) in [6.07, 6.45) is 6.99. The number of nitriles is 1. The monoisotopic (exact) mass is 202 g/mol. The summed E-state index contributed by atoms with van der Waals surface area (Å²) in [4.78, 5) is 8.08. The zero-order chi connectivity index (χ0) is 10.7. The SMILES string of the molecule is CC(CC1CC1)Nc1nccnc1C#N. The number of rotatable bonds is 4. The van der Waals surface area contributed by atoms with Crippen LogP contribution in [0.25, 0.3) is 0 Å². The second kappa shape index (κ2) is 4.26. The Hall–Kier alpha value is -1.63. The van der Waals surface area contributed by atoms with Crippen LogP contribution in [-0.4, -0.2) is 16.0 Å². The third kappa shape index (κ3) is 2.66. The Kier molecular flexibility index (Phi) is 2.82. The third-order valence-corrected chi connectivity index (χ3v) is 2.57. The first-order chi connectivity index (χ1) is 7.29. The van der Waals surface area contributed by atoms with Gasteiger partial charge in [-0.15, -0.1) is 0 Å². The van der Waals surface area contributed by atoms with Crippen LogP contribution in [0.3, 0.4) is 0 Å². The van der Waals surface area contributed by atoms with Crippen molar-refractivity contribution in [3.63, 3.8) is 0 Å². The molecule has 1 unspecified atom stereocenters. The topological polar surface area (TPSA) is 61.6 Å². The molecule has 1 saturated carbocycles. The maximum Gasteiger partial charge on any atom is 0.182 e. The van der Waals surface area contributed by atoms with Crippen molar-refractivity contribution in [3.05, 3.63) is 18.1 Å². The summed E-state index contributed by atoms with van der Waals surface area (Å²) in [7, 11) is 0. The van der Waals surface area contributed by atoms with Crippen molar-refractivity contribution < 1.29 is 0 Å². The fourth-order valence-electron chi connectivity index (χ4n) is 1.67. The van der Waals surface area contributed by atoms with Crippen LogP contribution in [0.5, 0.6) is 0 Å². The molecule has 0 amide bonds. The minimum Gasteiger partial charge on any atom is -0.365 e. The first-order valence-electron chi connectivity index (χ1n) is 5.27. The number of nitrogens with zero attached hydrogens (tertiary/aromatic N) is 3. The lowest BCUT2D eigenvalue weighted by Gasteiger charge is -2.13. The van der Waals surface area contributed by atoms with Crippen molar-refractivity contribution in [2.24, 2.45) is 5.92 Å². The Morgan fingerprint density at radius 1 is 1.53 bits per heavy atom. The molecule has 1 aliphatic carbocycles. The van der Waals surface area contributed by atoms with E-state index in [0.29, 0.717) is 17.6 Å². The Labute approximate surface area is 89.4 Å². The van der Waals surface area contributed by atoms with Crippen LogP contribution in [0, 0.1) is 17.2 Å². The highest BCUT2D eigenvalue weighted by Gasteiger charge is 2.23. The van der Waals surface area contributed by atoms with E-state index in [-0.39, 0.29) is 0 Å². The van der Waals surface area contributed by atoms with Gasteiger partial charge in [-0.1, -0.05) is 12.8 Å². The summed E-state index contributed by atoms with van der Waals surface area (Å²) >= 11 is 0. The van der Waals surface area contributed by atoms with E-state index in [1.807, 2.05) is 6.07 Å². The molecule has 0 radical (unpaired) electrons. The molecule has 1 atom stereocenters. The van der Waals surface area contributed by atoms with Gasteiger partial charge in [-0.05, 0) is 19.3 Å². The van der Waals surface area contributed by atoms with Crippen LogP contribution < -0.4 is 5.32 Å². The van der Waals surface area contributed by atoms with Gasteiger partial charge in [-0.3, -0.25) is 0 Å². The normalized spacial score (nSPS) is 16.8. The molecule has 0 aromatic carbocycles. The van der Waals surface area contributed by atoms with Gasteiger partial charge in [-0.25, -0.2) is 9.97 Å². The molecule has 4 heteroatoms. The minimum atomic E-state index is 0.362. The summed E-state index contributed by atoms with van der Waals surface area (Å²) in [5.74, 6) is 1.47. The second-order valence-electron chi connectivity index (χ2n) is 4.09. The molecule has 1 heterocycles. The third-order valence-electron chi connectivity index (χ3n) is 2.57. The molecule has 4 nitrogen and oxygen atoms in total. The lowest BCUT2D eigenvalue weighted by Crippen LogP contribution is -2.17. The maximum absolute atomic E-state index is 8.83. The standard InChI is InChI=1S/C11H14N4/c1-8(6-9-2-3-9)15-11-10(7-12)13-4-5-14-11/h4-5,8-9H,2-3,6H2,1H3,(H,14,15). The Morgan fingerprint density at radius 2 is 2.27 bits per heavy atom. The number of aromatic nitrogens is 2. The fourth-order valence-corrected chi connectivity index (χ4v) is 1.67. The van der Waals surface area contributed by atoms with Gasteiger partial charge in [0, 0.05) is 18.4 Å². The molecule has 1 aromatic rings. The molecular formula is C11H14N4. The number of anilines is 1. The quantitative estimate of drug-likeness (QED) is 0.810. The van der Waals surface area contributed by atoms with Crippen LogP contribution in [0.2, 0.25) is 0 Å². The van der Waals surface area contributed by atoms with E-state index in [2.05, 4.69) is 22.2 Å². The minimum absolute atomic E-state index is 0.362. The van der Waals surface area contributed by atoms with Crippen molar-refractivity contribution in [2.75, 3.05) is 5.32 Å². The molecule has 15 heavy (non-hydrogen) atoms. The van der Waals surface area contributed by atoms with Crippen LogP contribution in [-0.2, 0) is 0 Å². The first-order valence-corrected chi connectivity index (χ1v) is 5.27. The summed E-state index contributed by atoms with van der Waals surface area (Å²) in [5, 5.41) is 12.1. The van der Waals surface area contributed by atoms with Crippen molar-refractivity contribution >= 4 is 5.82 Å². The predicted octanol–water partition coefficient (Wildman–Crippen LogP) is 1.95. The summed E-state index contributed by atoms with van der Waals surface area (Å²) in [6, 6.07) is 2.40. The van der Waals surface area contributed by atoms with Gasteiger partial charge in [0.25, 0.3) is 0 Å². The van der Waals surface area contributed by atoms with Gasteiger partial charge in [0.15, 0.2) is 11.5 Å².